The van der Waals surface area contributed by atoms with Gasteiger partial charge in [0.1, 0.15) is 6.61 Å². The van der Waals surface area contributed by atoms with Gasteiger partial charge in [-0.1, -0.05) is 48.9 Å². The van der Waals surface area contributed by atoms with Crippen molar-refractivity contribution in [3.63, 3.8) is 0 Å². The average molecular weight is 459 g/mol. The third-order valence-electron chi connectivity index (χ3n) is 5.89. The van der Waals surface area contributed by atoms with Crippen LogP contribution < -0.4 is 5.32 Å². The highest BCUT2D eigenvalue weighted by atomic mass is 16.3. The fraction of sp³-hybridized carbons (Fsp3) is 0.321. The summed E-state index contributed by atoms with van der Waals surface area (Å²) in [6.45, 7) is -0.831. The molecule has 0 spiro atoms. The lowest BCUT2D eigenvalue weighted by atomic mass is 10.1. The van der Waals surface area contributed by atoms with Crippen molar-refractivity contribution in [3.05, 3.63) is 76.9 Å². The lowest BCUT2D eigenvalue weighted by Crippen LogP contribution is -2.52. The smallest absolute Gasteiger partial charge is 0.254 e. The van der Waals surface area contributed by atoms with Crippen LogP contribution in [0.25, 0.3) is 6.08 Å². The number of nitrogens with zero attached hydrogens (tertiary/aromatic N) is 1. The first-order valence-electron chi connectivity index (χ1n) is 11.4. The Kier molecular flexibility index (Phi) is 8.78. The molecule has 2 N–H and O–H groups in total. The quantitative estimate of drug-likeness (QED) is 0.447. The van der Waals surface area contributed by atoms with E-state index in [1.165, 1.54) is 38.9 Å². The third-order valence-corrected chi connectivity index (χ3v) is 5.89. The van der Waals surface area contributed by atoms with Crippen LogP contribution in [0.4, 0.5) is 0 Å². The SMILES string of the molecule is CNC(=O)C(C(=O)CO)N(C)C(=O)c1ccc(C#C/C=C/c2ccc(CCC3CC3)cc2)cc1. The number of hydrogen-bond acceptors (Lipinski definition) is 4. The van der Waals surface area contributed by atoms with E-state index in [0.29, 0.717) is 5.56 Å². The largest absolute Gasteiger partial charge is 0.388 e. The van der Waals surface area contributed by atoms with Gasteiger partial charge in [-0.05, 0) is 66.3 Å². The Morgan fingerprint density at radius 1 is 1.12 bits per heavy atom. The van der Waals surface area contributed by atoms with Gasteiger partial charge in [-0.2, -0.15) is 0 Å². The van der Waals surface area contributed by atoms with Crippen molar-refractivity contribution in [2.45, 2.75) is 31.7 Å². The fourth-order valence-electron chi connectivity index (χ4n) is 3.61. The molecule has 176 valence electrons. The maximum absolute atomic E-state index is 12.7. The van der Waals surface area contributed by atoms with E-state index < -0.39 is 30.2 Å². The minimum atomic E-state index is -1.39. The number of ketones is 1. The van der Waals surface area contributed by atoms with Crippen LogP contribution in [0.5, 0.6) is 0 Å². The van der Waals surface area contributed by atoms with Gasteiger partial charge in [-0.3, -0.25) is 14.4 Å². The molecule has 2 amide bonds. The molecule has 0 saturated heterocycles. The second-order valence-corrected chi connectivity index (χ2v) is 8.46. The first kappa shape index (κ1) is 24.9. The molecule has 1 atom stereocenters. The summed E-state index contributed by atoms with van der Waals surface area (Å²) in [7, 11) is 2.72. The summed E-state index contributed by atoms with van der Waals surface area (Å²) in [5.74, 6) is 5.05. The molecule has 0 radical (unpaired) electrons. The fourth-order valence-corrected chi connectivity index (χ4v) is 3.61. The molecule has 34 heavy (non-hydrogen) atoms. The Bertz CT molecular complexity index is 1090. The van der Waals surface area contributed by atoms with E-state index in [2.05, 4.69) is 41.4 Å². The van der Waals surface area contributed by atoms with Crippen LogP contribution in [0, 0.1) is 17.8 Å². The Morgan fingerprint density at radius 2 is 1.79 bits per heavy atom. The van der Waals surface area contributed by atoms with Gasteiger partial charge in [-0.15, -0.1) is 0 Å². The minimum absolute atomic E-state index is 0.310. The lowest BCUT2D eigenvalue weighted by Gasteiger charge is -2.25. The molecule has 6 heteroatoms. The topological polar surface area (TPSA) is 86.7 Å². The molecule has 2 aromatic rings. The van der Waals surface area contributed by atoms with Crippen LogP contribution in [0.2, 0.25) is 0 Å². The predicted octanol–water partition coefficient (Wildman–Crippen LogP) is 2.84. The van der Waals surface area contributed by atoms with Crippen LogP contribution in [-0.4, -0.2) is 54.3 Å². The molecule has 0 aliphatic heterocycles. The second-order valence-electron chi connectivity index (χ2n) is 8.46. The highest BCUT2D eigenvalue weighted by Gasteiger charge is 2.32. The lowest BCUT2D eigenvalue weighted by molar-refractivity contribution is -0.135. The number of rotatable bonds is 9. The summed E-state index contributed by atoms with van der Waals surface area (Å²) in [4.78, 5) is 37.7. The summed E-state index contributed by atoms with van der Waals surface area (Å²) in [6.07, 6.45) is 8.96. The molecule has 0 aromatic heterocycles. The second kappa shape index (κ2) is 12.0. The number of carbonyl (C=O) groups excluding carboxylic acids is 3. The van der Waals surface area contributed by atoms with Gasteiger partial charge in [0, 0.05) is 25.2 Å². The molecule has 0 bridgehead atoms. The summed E-state index contributed by atoms with van der Waals surface area (Å²) in [6, 6.07) is 13.8. The molecule has 1 aliphatic carbocycles. The van der Waals surface area contributed by atoms with Crippen molar-refractivity contribution < 1.29 is 19.5 Å². The van der Waals surface area contributed by atoms with Gasteiger partial charge in [0.25, 0.3) is 5.91 Å². The first-order valence-corrected chi connectivity index (χ1v) is 11.4. The van der Waals surface area contributed by atoms with Crippen LogP contribution in [0.1, 0.15) is 46.3 Å². The van der Waals surface area contributed by atoms with E-state index in [1.807, 2.05) is 6.08 Å². The maximum Gasteiger partial charge on any atom is 0.254 e. The predicted molar refractivity (Wildman–Crippen MR) is 132 cm³/mol. The van der Waals surface area contributed by atoms with Gasteiger partial charge in [-0.25, -0.2) is 0 Å². The summed E-state index contributed by atoms with van der Waals surface area (Å²) in [5, 5.41) is 11.5. The van der Waals surface area contributed by atoms with Crippen molar-refractivity contribution >= 4 is 23.7 Å². The zero-order valence-corrected chi connectivity index (χ0v) is 19.6. The van der Waals surface area contributed by atoms with Crippen molar-refractivity contribution in [1.82, 2.24) is 10.2 Å². The highest BCUT2D eigenvalue weighted by molar-refractivity contribution is 6.10. The van der Waals surface area contributed by atoms with Crippen molar-refractivity contribution in [2.24, 2.45) is 5.92 Å². The summed E-state index contributed by atoms with van der Waals surface area (Å²) >= 11 is 0. The maximum atomic E-state index is 12.7. The van der Waals surface area contributed by atoms with Gasteiger partial charge in [0.2, 0.25) is 5.91 Å². The molecule has 1 saturated carbocycles. The van der Waals surface area contributed by atoms with E-state index in [1.54, 1.807) is 30.3 Å². The number of carbonyl (C=O) groups is 3. The molecule has 6 nitrogen and oxygen atoms in total. The standard InChI is InChI=1S/C28H30N2O4/c1-29-27(33)26(25(32)19-31)30(2)28(34)24-17-15-21(16-18-24)6-4-3-5-20-7-9-22(10-8-20)11-12-23-13-14-23/h3,5,7-10,15-18,23,26,31H,11-14,19H2,1-2H3,(H,29,33)/b5-3+. The normalized spacial score (nSPS) is 13.6. The zero-order valence-electron chi connectivity index (χ0n) is 19.6. The average Bonchev–Trinajstić information content (AvgIpc) is 3.70. The molecule has 0 heterocycles. The molecule has 2 aromatic carbocycles. The number of likely N-dealkylation sites (N-methyl/N-ethyl adjacent to an activating group) is 2. The number of aryl methyl sites for hydroxylation is 1. The van der Waals surface area contributed by atoms with E-state index in [0.717, 1.165) is 28.4 Å². The summed E-state index contributed by atoms with van der Waals surface area (Å²) in [5.41, 5.74) is 3.51. The number of nitrogens with one attached hydrogen (secondary N) is 1. The number of benzene rings is 2. The molecular weight excluding hydrogens is 428 g/mol. The van der Waals surface area contributed by atoms with Crippen LogP contribution >= 0.6 is 0 Å². The van der Waals surface area contributed by atoms with Gasteiger partial charge in [0.05, 0.1) is 0 Å². The van der Waals surface area contributed by atoms with Gasteiger partial charge < -0.3 is 15.3 Å². The molecule has 1 unspecified atom stereocenters. The molecular formula is C28H30N2O4. The Hall–Kier alpha value is -3.69. The van der Waals surface area contributed by atoms with Crippen LogP contribution in [0.3, 0.4) is 0 Å². The molecule has 3 rings (SSSR count). The zero-order chi connectivity index (χ0) is 24.5. The summed E-state index contributed by atoms with van der Waals surface area (Å²) < 4.78 is 0. The van der Waals surface area contributed by atoms with E-state index in [4.69, 9.17) is 5.11 Å². The van der Waals surface area contributed by atoms with Gasteiger partial charge >= 0.3 is 0 Å². The van der Waals surface area contributed by atoms with Crippen LogP contribution in [0.15, 0.2) is 54.6 Å². The minimum Gasteiger partial charge on any atom is -0.388 e. The van der Waals surface area contributed by atoms with E-state index >= 15 is 0 Å². The van der Waals surface area contributed by atoms with E-state index in [9.17, 15) is 14.4 Å². The number of aliphatic hydroxyl groups excluding tert-OH is 1. The van der Waals surface area contributed by atoms with Crippen molar-refractivity contribution in [1.29, 1.82) is 0 Å². The first-order chi connectivity index (χ1) is 16.4. The molecule has 1 fully saturated rings. The van der Waals surface area contributed by atoms with Crippen LogP contribution in [-0.2, 0) is 16.0 Å². The number of amides is 2. The Labute approximate surface area is 200 Å². The van der Waals surface area contributed by atoms with E-state index in [-0.39, 0.29) is 0 Å². The Morgan fingerprint density at radius 3 is 2.38 bits per heavy atom. The van der Waals surface area contributed by atoms with Crippen molar-refractivity contribution in [2.75, 3.05) is 20.7 Å². The third kappa shape index (κ3) is 6.90. The monoisotopic (exact) mass is 458 g/mol. The van der Waals surface area contributed by atoms with Gasteiger partial charge in [0.15, 0.2) is 11.8 Å². The Balaban J connectivity index is 1.58. The van der Waals surface area contributed by atoms with Crippen molar-refractivity contribution in [3.8, 4) is 11.8 Å². The number of hydrogen-bond donors (Lipinski definition) is 2. The highest BCUT2D eigenvalue weighted by Crippen LogP contribution is 2.33. The number of aliphatic hydroxyl groups is 1. The number of Topliss-reactive ketones (excluding diaryl/α,β-unsaturated/α-hetero) is 1. The molecule has 1 aliphatic rings. The number of allylic oxidation sites excluding steroid dienone is 1.